The van der Waals surface area contributed by atoms with Gasteiger partial charge in [0.2, 0.25) is 17.7 Å². The number of carbonyl (C=O) groups is 4. The van der Waals surface area contributed by atoms with E-state index in [1.807, 2.05) is 6.26 Å². The van der Waals surface area contributed by atoms with Crippen molar-refractivity contribution in [1.29, 1.82) is 0 Å². The van der Waals surface area contributed by atoms with Crippen molar-refractivity contribution in [3.05, 3.63) is 29.8 Å². The number of hydrogen-bond donors (Lipinski definition) is 6. The van der Waals surface area contributed by atoms with Crippen LogP contribution in [-0.2, 0) is 25.6 Å². The van der Waals surface area contributed by atoms with E-state index >= 15 is 0 Å². The maximum absolute atomic E-state index is 12.8. The zero-order valence-electron chi connectivity index (χ0n) is 17.9. The van der Waals surface area contributed by atoms with Crippen LogP contribution in [0.15, 0.2) is 24.3 Å². The topological polar surface area (TPSA) is 157 Å². The summed E-state index contributed by atoms with van der Waals surface area (Å²) in [6, 6.07) is 3.58. The van der Waals surface area contributed by atoms with Gasteiger partial charge in [-0.05, 0) is 55.5 Å². The molecule has 176 valence electrons. The van der Waals surface area contributed by atoms with Gasteiger partial charge in [-0.3, -0.25) is 14.4 Å². The summed E-state index contributed by atoms with van der Waals surface area (Å²) in [6.45, 7) is 0.492. The highest BCUT2D eigenvalue weighted by molar-refractivity contribution is 7.98. The van der Waals surface area contributed by atoms with Crippen molar-refractivity contribution in [2.75, 3.05) is 25.1 Å². The van der Waals surface area contributed by atoms with E-state index in [2.05, 4.69) is 21.3 Å². The normalized spacial score (nSPS) is 17.2. The lowest BCUT2D eigenvalue weighted by Gasteiger charge is -2.22. The van der Waals surface area contributed by atoms with E-state index in [1.54, 1.807) is 12.1 Å². The number of nitrogens with one attached hydrogen (secondary N) is 4. The largest absolute Gasteiger partial charge is 0.508 e. The van der Waals surface area contributed by atoms with Crippen molar-refractivity contribution >= 4 is 35.5 Å². The van der Waals surface area contributed by atoms with Crippen LogP contribution < -0.4 is 21.3 Å². The second kappa shape index (κ2) is 12.9. The Hall–Kier alpha value is -2.79. The zero-order chi connectivity index (χ0) is 23.5. The molecule has 0 aliphatic carbocycles. The van der Waals surface area contributed by atoms with Gasteiger partial charge in [0.25, 0.3) is 0 Å². The molecule has 32 heavy (non-hydrogen) atoms. The molecule has 6 N–H and O–H groups in total. The Bertz CT molecular complexity index is 798. The SMILES string of the molecule is CSCCC(NC(=O)CNC(=O)C1CCCN1)C(=O)NC(Cc1ccc(O)cc1)C(=O)O. The van der Waals surface area contributed by atoms with Crippen LogP contribution in [0.25, 0.3) is 0 Å². The lowest BCUT2D eigenvalue weighted by Crippen LogP contribution is -2.54. The molecule has 10 nitrogen and oxygen atoms in total. The number of carboxylic acid groups (broad SMARTS) is 1. The van der Waals surface area contributed by atoms with E-state index in [1.165, 1.54) is 23.9 Å². The number of benzene rings is 1. The van der Waals surface area contributed by atoms with Crippen LogP contribution in [0, 0.1) is 0 Å². The van der Waals surface area contributed by atoms with E-state index in [4.69, 9.17) is 0 Å². The molecule has 3 atom stereocenters. The number of thioether (sulfide) groups is 1. The van der Waals surface area contributed by atoms with Crippen LogP contribution in [-0.4, -0.2) is 77.1 Å². The van der Waals surface area contributed by atoms with E-state index in [0.717, 1.165) is 13.0 Å². The van der Waals surface area contributed by atoms with Crippen LogP contribution in [0.2, 0.25) is 0 Å². The molecule has 11 heteroatoms. The molecule has 1 saturated heterocycles. The molecule has 1 aliphatic heterocycles. The summed E-state index contributed by atoms with van der Waals surface area (Å²) < 4.78 is 0. The van der Waals surface area contributed by atoms with E-state index in [-0.39, 0.29) is 30.7 Å². The highest BCUT2D eigenvalue weighted by Crippen LogP contribution is 2.12. The highest BCUT2D eigenvalue weighted by atomic mass is 32.2. The highest BCUT2D eigenvalue weighted by Gasteiger charge is 2.27. The molecule has 1 aliphatic rings. The first-order chi connectivity index (χ1) is 15.3. The van der Waals surface area contributed by atoms with Gasteiger partial charge in [0.15, 0.2) is 0 Å². The Morgan fingerprint density at radius 1 is 1.16 bits per heavy atom. The van der Waals surface area contributed by atoms with Gasteiger partial charge in [-0.2, -0.15) is 11.8 Å². The second-order valence-corrected chi connectivity index (χ2v) is 8.52. The van der Waals surface area contributed by atoms with Gasteiger partial charge in [-0.25, -0.2) is 4.79 Å². The van der Waals surface area contributed by atoms with Crippen molar-refractivity contribution < 1.29 is 29.4 Å². The summed E-state index contributed by atoms with van der Waals surface area (Å²) in [4.78, 5) is 48.8. The maximum atomic E-state index is 12.8. The third-order valence-corrected chi connectivity index (χ3v) is 5.70. The molecule has 0 spiro atoms. The van der Waals surface area contributed by atoms with E-state index < -0.39 is 29.9 Å². The van der Waals surface area contributed by atoms with E-state index in [0.29, 0.717) is 24.2 Å². The number of phenols is 1. The molecule has 0 saturated carbocycles. The molecule has 0 radical (unpaired) electrons. The Morgan fingerprint density at radius 2 is 1.88 bits per heavy atom. The van der Waals surface area contributed by atoms with Crippen LogP contribution >= 0.6 is 11.8 Å². The average molecular weight is 467 g/mol. The molecule has 1 aromatic carbocycles. The Kier molecular flexibility index (Phi) is 10.3. The molecule has 1 fully saturated rings. The number of phenolic OH excluding ortho intramolecular Hbond substituents is 1. The van der Waals surface area contributed by atoms with Crippen LogP contribution in [0.3, 0.4) is 0 Å². The third kappa shape index (κ3) is 8.39. The number of rotatable bonds is 12. The summed E-state index contributed by atoms with van der Waals surface area (Å²) in [5, 5.41) is 29.6. The average Bonchev–Trinajstić information content (AvgIpc) is 3.30. The number of aliphatic carboxylic acids is 1. The predicted octanol–water partition coefficient (Wildman–Crippen LogP) is -0.390. The van der Waals surface area contributed by atoms with Crippen LogP contribution in [0.4, 0.5) is 0 Å². The second-order valence-electron chi connectivity index (χ2n) is 7.54. The molecular weight excluding hydrogens is 436 g/mol. The number of amides is 3. The van der Waals surface area contributed by atoms with Gasteiger partial charge in [0, 0.05) is 6.42 Å². The number of hydrogen-bond acceptors (Lipinski definition) is 7. The number of carboxylic acids is 1. The first-order valence-corrected chi connectivity index (χ1v) is 11.8. The van der Waals surface area contributed by atoms with Gasteiger partial charge in [0.1, 0.15) is 17.8 Å². The zero-order valence-corrected chi connectivity index (χ0v) is 18.7. The summed E-state index contributed by atoms with van der Waals surface area (Å²) >= 11 is 1.49. The first kappa shape index (κ1) is 25.5. The quantitative estimate of drug-likeness (QED) is 0.243. The molecule has 1 aromatic rings. The van der Waals surface area contributed by atoms with Gasteiger partial charge in [-0.15, -0.1) is 0 Å². The van der Waals surface area contributed by atoms with Gasteiger partial charge in [0.05, 0.1) is 12.6 Å². The molecule has 1 heterocycles. The van der Waals surface area contributed by atoms with Crippen molar-refractivity contribution in [2.45, 2.75) is 43.8 Å². The van der Waals surface area contributed by atoms with E-state index in [9.17, 15) is 29.4 Å². The monoisotopic (exact) mass is 466 g/mol. The fourth-order valence-corrected chi connectivity index (χ4v) is 3.76. The van der Waals surface area contributed by atoms with Gasteiger partial charge in [-0.1, -0.05) is 12.1 Å². The minimum Gasteiger partial charge on any atom is -0.508 e. The molecule has 0 bridgehead atoms. The molecule has 0 aromatic heterocycles. The summed E-state index contributed by atoms with van der Waals surface area (Å²) in [6.07, 6.45) is 3.80. The maximum Gasteiger partial charge on any atom is 0.326 e. The summed E-state index contributed by atoms with van der Waals surface area (Å²) in [7, 11) is 0. The third-order valence-electron chi connectivity index (χ3n) is 5.05. The minimum absolute atomic E-state index is 0.0228. The van der Waals surface area contributed by atoms with Gasteiger partial charge >= 0.3 is 5.97 Å². The Labute approximate surface area is 190 Å². The fourth-order valence-electron chi connectivity index (χ4n) is 3.29. The Morgan fingerprint density at radius 3 is 2.47 bits per heavy atom. The molecule has 2 rings (SSSR count). The standard InChI is InChI=1S/C21H30N4O6S/c1-32-10-8-16(24-18(27)12-23-19(28)15-3-2-9-22-15)20(29)25-17(21(30)31)11-13-4-6-14(26)7-5-13/h4-7,15-17,22,26H,2-3,8-12H2,1H3,(H,23,28)(H,24,27)(H,25,29)(H,30,31). The molecule has 3 amide bonds. The van der Waals surface area contributed by atoms with Crippen LogP contribution in [0.5, 0.6) is 5.75 Å². The van der Waals surface area contributed by atoms with Crippen molar-refractivity contribution in [3.8, 4) is 5.75 Å². The Balaban J connectivity index is 1.93. The van der Waals surface area contributed by atoms with Crippen LogP contribution in [0.1, 0.15) is 24.8 Å². The first-order valence-electron chi connectivity index (χ1n) is 10.4. The number of aromatic hydroxyl groups is 1. The van der Waals surface area contributed by atoms with Gasteiger partial charge < -0.3 is 31.5 Å². The minimum atomic E-state index is -1.21. The molecular formula is C21H30N4O6S. The number of carbonyl (C=O) groups excluding carboxylic acids is 3. The smallest absolute Gasteiger partial charge is 0.326 e. The summed E-state index contributed by atoms with van der Waals surface area (Å²) in [5.41, 5.74) is 0.628. The lowest BCUT2D eigenvalue weighted by atomic mass is 10.0. The fraction of sp³-hybridized carbons (Fsp3) is 0.524. The predicted molar refractivity (Wildman–Crippen MR) is 120 cm³/mol. The van der Waals surface area contributed by atoms with Crippen molar-refractivity contribution in [3.63, 3.8) is 0 Å². The summed E-state index contributed by atoms with van der Waals surface area (Å²) in [5.74, 6) is -1.97. The van der Waals surface area contributed by atoms with Crippen molar-refractivity contribution in [1.82, 2.24) is 21.3 Å². The lowest BCUT2D eigenvalue weighted by molar-refractivity contribution is -0.142. The van der Waals surface area contributed by atoms with Crippen molar-refractivity contribution in [2.24, 2.45) is 0 Å². The molecule has 3 unspecified atom stereocenters.